The van der Waals surface area contributed by atoms with Crippen LogP contribution in [0.25, 0.3) is 11.8 Å². The van der Waals surface area contributed by atoms with Crippen molar-refractivity contribution in [2.75, 3.05) is 0 Å². The highest BCUT2D eigenvalue weighted by molar-refractivity contribution is 5.53. The molecule has 5 nitrogen and oxygen atoms in total. The fraction of sp³-hybridized carbons (Fsp3) is 0.154. The van der Waals surface area contributed by atoms with Crippen molar-refractivity contribution in [2.45, 2.75) is 13.3 Å². The van der Waals surface area contributed by atoms with Gasteiger partial charge in [0.05, 0.1) is 11.3 Å². The molecule has 2 rings (SSSR count). The van der Waals surface area contributed by atoms with E-state index < -0.39 is 0 Å². The maximum atomic E-state index is 10.7. The second kappa shape index (κ2) is 5.27. The van der Waals surface area contributed by atoms with Crippen LogP contribution in [0, 0.1) is 10.1 Å². The SMILES string of the molecule is CC/C(=C\c1ccc(-n2ccnc2)cc1)[N+](=O)[O-]. The van der Waals surface area contributed by atoms with Crippen LogP contribution in [0.5, 0.6) is 0 Å². The summed E-state index contributed by atoms with van der Waals surface area (Å²) in [6.45, 7) is 1.77. The van der Waals surface area contributed by atoms with Crippen LogP contribution in [-0.2, 0) is 0 Å². The van der Waals surface area contributed by atoms with Gasteiger partial charge in [0.15, 0.2) is 0 Å². The zero-order valence-electron chi connectivity index (χ0n) is 9.98. The molecule has 1 aromatic carbocycles. The summed E-state index contributed by atoms with van der Waals surface area (Å²) in [5.41, 5.74) is 2.02. The Morgan fingerprint density at radius 1 is 1.44 bits per heavy atom. The third-order valence-electron chi connectivity index (χ3n) is 2.63. The molecule has 18 heavy (non-hydrogen) atoms. The molecule has 0 unspecified atom stereocenters. The van der Waals surface area contributed by atoms with E-state index in [-0.39, 0.29) is 10.6 Å². The van der Waals surface area contributed by atoms with Crippen molar-refractivity contribution in [2.24, 2.45) is 0 Å². The maximum Gasteiger partial charge on any atom is 0.246 e. The topological polar surface area (TPSA) is 61.0 Å². The molecule has 0 fully saturated rings. The first kappa shape index (κ1) is 12.0. The molecule has 0 aliphatic heterocycles. The zero-order chi connectivity index (χ0) is 13.0. The predicted molar refractivity (Wildman–Crippen MR) is 68.8 cm³/mol. The van der Waals surface area contributed by atoms with Gasteiger partial charge in [-0.05, 0) is 17.7 Å². The van der Waals surface area contributed by atoms with E-state index in [0.29, 0.717) is 6.42 Å². The smallest absolute Gasteiger partial charge is 0.246 e. The van der Waals surface area contributed by atoms with Crippen LogP contribution in [0.15, 0.2) is 48.7 Å². The van der Waals surface area contributed by atoms with Crippen molar-refractivity contribution in [1.82, 2.24) is 9.55 Å². The molecule has 0 aliphatic rings. The van der Waals surface area contributed by atoms with E-state index in [2.05, 4.69) is 4.98 Å². The van der Waals surface area contributed by atoms with Gasteiger partial charge in [0.2, 0.25) is 5.70 Å². The Kier molecular flexibility index (Phi) is 3.52. The molecule has 0 amide bonds. The van der Waals surface area contributed by atoms with Gasteiger partial charge >= 0.3 is 0 Å². The first-order chi connectivity index (χ1) is 8.70. The third kappa shape index (κ3) is 2.63. The lowest BCUT2D eigenvalue weighted by atomic mass is 10.1. The van der Waals surface area contributed by atoms with E-state index in [0.717, 1.165) is 11.3 Å². The molecule has 0 N–H and O–H groups in total. The number of nitrogens with zero attached hydrogens (tertiary/aromatic N) is 3. The van der Waals surface area contributed by atoms with E-state index in [1.165, 1.54) is 0 Å². The molecule has 1 aromatic heterocycles. The standard InChI is InChI=1S/C13H13N3O2/c1-2-12(16(17)18)9-11-3-5-13(6-4-11)15-8-7-14-10-15/h3-10H,2H2,1H3/b12-9+. The molecule has 2 aromatic rings. The molecule has 0 atom stereocenters. The van der Waals surface area contributed by atoms with Gasteiger partial charge in [0, 0.05) is 30.6 Å². The molecule has 0 saturated heterocycles. The Morgan fingerprint density at radius 3 is 2.67 bits per heavy atom. The molecular weight excluding hydrogens is 230 g/mol. The van der Waals surface area contributed by atoms with E-state index >= 15 is 0 Å². The molecule has 92 valence electrons. The summed E-state index contributed by atoms with van der Waals surface area (Å²) in [5.74, 6) is 0. The normalized spacial score (nSPS) is 11.5. The van der Waals surface area contributed by atoms with Crippen LogP contribution >= 0.6 is 0 Å². The Labute approximate surface area is 105 Å². The second-order valence-electron chi connectivity index (χ2n) is 3.81. The van der Waals surface area contributed by atoms with Crippen molar-refractivity contribution in [1.29, 1.82) is 0 Å². The second-order valence-corrected chi connectivity index (χ2v) is 3.81. The average Bonchev–Trinajstić information content (AvgIpc) is 2.90. The van der Waals surface area contributed by atoms with Gasteiger partial charge in [0.1, 0.15) is 0 Å². The Morgan fingerprint density at radius 2 is 2.17 bits per heavy atom. The highest BCUT2D eigenvalue weighted by Gasteiger charge is 2.06. The molecule has 0 saturated carbocycles. The largest absolute Gasteiger partial charge is 0.306 e. The summed E-state index contributed by atoms with van der Waals surface area (Å²) >= 11 is 0. The van der Waals surface area contributed by atoms with Gasteiger partial charge in [-0.25, -0.2) is 4.98 Å². The van der Waals surface area contributed by atoms with Gasteiger partial charge in [-0.1, -0.05) is 19.1 Å². The van der Waals surface area contributed by atoms with Crippen LogP contribution in [0.3, 0.4) is 0 Å². The van der Waals surface area contributed by atoms with Gasteiger partial charge in [-0.3, -0.25) is 10.1 Å². The number of allylic oxidation sites excluding steroid dienone is 1. The van der Waals surface area contributed by atoms with E-state index in [1.807, 2.05) is 35.0 Å². The first-order valence-corrected chi connectivity index (χ1v) is 5.64. The van der Waals surface area contributed by atoms with Crippen LogP contribution in [-0.4, -0.2) is 14.5 Å². The van der Waals surface area contributed by atoms with E-state index in [4.69, 9.17) is 0 Å². The number of rotatable bonds is 4. The molecule has 0 aliphatic carbocycles. The number of aromatic nitrogens is 2. The quantitative estimate of drug-likeness (QED) is 0.612. The molecular formula is C13H13N3O2. The van der Waals surface area contributed by atoms with Crippen molar-refractivity contribution in [3.63, 3.8) is 0 Å². The highest BCUT2D eigenvalue weighted by atomic mass is 16.6. The summed E-state index contributed by atoms with van der Waals surface area (Å²) in [4.78, 5) is 14.3. The average molecular weight is 243 g/mol. The first-order valence-electron chi connectivity index (χ1n) is 5.64. The highest BCUT2D eigenvalue weighted by Crippen LogP contribution is 2.13. The number of hydrogen-bond donors (Lipinski definition) is 0. The molecule has 5 heteroatoms. The number of hydrogen-bond acceptors (Lipinski definition) is 3. The Balaban J connectivity index is 2.25. The number of nitro groups is 1. The fourth-order valence-electron chi connectivity index (χ4n) is 1.63. The van der Waals surface area contributed by atoms with Crippen LogP contribution in [0.4, 0.5) is 0 Å². The fourth-order valence-corrected chi connectivity index (χ4v) is 1.63. The Bertz CT molecular complexity index is 556. The van der Waals surface area contributed by atoms with E-state index in [9.17, 15) is 10.1 Å². The van der Waals surface area contributed by atoms with Gasteiger partial charge < -0.3 is 4.57 Å². The summed E-state index contributed by atoms with van der Waals surface area (Å²) in [6.07, 6.45) is 7.27. The lowest BCUT2D eigenvalue weighted by molar-refractivity contribution is -0.425. The van der Waals surface area contributed by atoms with Gasteiger partial charge in [-0.15, -0.1) is 0 Å². The van der Waals surface area contributed by atoms with Crippen molar-refractivity contribution in [3.05, 3.63) is 64.4 Å². The van der Waals surface area contributed by atoms with Crippen molar-refractivity contribution < 1.29 is 4.92 Å². The molecule has 1 heterocycles. The van der Waals surface area contributed by atoms with Crippen LogP contribution in [0.2, 0.25) is 0 Å². The summed E-state index contributed by atoms with van der Waals surface area (Å²) in [5, 5.41) is 10.7. The molecule has 0 bridgehead atoms. The minimum absolute atomic E-state index is 0.213. The summed E-state index contributed by atoms with van der Waals surface area (Å²) < 4.78 is 1.88. The number of benzene rings is 1. The lowest BCUT2D eigenvalue weighted by Crippen LogP contribution is -1.96. The summed E-state index contributed by atoms with van der Waals surface area (Å²) in [6, 6.07) is 7.52. The van der Waals surface area contributed by atoms with Gasteiger partial charge in [-0.2, -0.15) is 0 Å². The monoisotopic (exact) mass is 243 g/mol. The van der Waals surface area contributed by atoms with Crippen molar-refractivity contribution >= 4 is 6.08 Å². The van der Waals surface area contributed by atoms with E-state index in [1.54, 1.807) is 25.5 Å². The van der Waals surface area contributed by atoms with Gasteiger partial charge in [0.25, 0.3) is 0 Å². The molecule has 0 spiro atoms. The minimum Gasteiger partial charge on any atom is -0.306 e. The Hall–Kier alpha value is -2.43. The zero-order valence-corrected chi connectivity index (χ0v) is 9.98. The van der Waals surface area contributed by atoms with Crippen LogP contribution in [0.1, 0.15) is 18.9 Å². The minimum atomic E-state index is -0.343. The number of imidazole rings is 1. The predicted octanol–water partition coefficient (Wildman–Crippen LogP) is 2.90. The lowest BCUT2D eigenvalue weighted by Gasteiger charge is -2.02. The molecule has 0 radical (unpaired) electrons. The third-order valence-corrected chi connectivity index (χ3v) is 2.63. The van der Waals surface area contributed by atoms with Crippen molar-refractivity contribution in [3.8, 4) is 5.69 Å². The van der Waals surface area contributed by atoms with Crippen LogP contribution < -0.4 is 0 Å². The maximum absolute atomic E-state index is 10.7. The summed E-state index contributed by atoms with van der Waals surface area (Å²) in [7, 11) is 0.